The number of ether oxygens (including phenoxy) is 1. The van der Waals surface area contributed by atoms with E-state index in [4.69, 9.17) is 0 Å². The minimum atomic E-state index is -0.491. The van der Waals surface area contributed by atoms with Crippen LogP contribution in [0.3, 0.4) is 0 Å². The van der Waals surface area contributed by atoms with E-state index < -0.39 is 10.9 Å². The Bertz CT molecular complexity index is 1010. The number of nitrogens with zero attached hydrogens (tertiary/aromatic N) is 3. The summed E-state index contributed by atoms with van der Waals surface area (Å²) in [6, 6.07) is 11.1. The molecule has 9 heteroatoms. The van der Waals surface area contributed by atoms with Crippen molar-refractivity contribution in [2.75, 3.05) is 7.11 Å². The molecule has 1 heterocycles. The Balaban J connectivity index is 1.64. The van der Waals surface area contributed by atoms with E-state index in [1.165, 1.54) is 23.9 Å². The Kier molecular flexibility index (Phi) is 5.11. The summed E-state index contributed by atoms with van der Waals surface area (Å²) >= 11 is 0. The van der Waals surface area contributed by atoms with E-state index >= 15 is 0 Å². The van der Waals surface area contributed by atoms with Crippen LogP contribution in [0.15, 0.2) is 48.7 Å². The SMILES string of the molecule is COC(=O)c1ccc(CNC(=O)Cn2ncc3ccc([N+](=O)[O-])cc32)cc1. The highest BCUT2D eigenvalue weighted by Gasteiger charge is 2.12. The number of carbonyl (C=O) groups excluding carboxylic acids is 2. The average Bonchev–Trinajstić information content (AvgIpc) is 3.08. The zero-order valence-electron chi connectivity index (χ0n) is 14.4. The van der Waals surface area contributed by atoms with Gasteiger partial charge in [-0.3, -0.25) is 19.6 Å². The lowest BCUT2D eigenvalue weighted by atomic mass is 10.1. The molecule has 1 aromatic heterocycles. The van der Waals surface area contributed by atoms with E-state index in [2.05, 4.69) is 15.2 Å². The van der Waals surface area contributed by atoms with Crippen LogP contribution in [0.4, 0.5) is 5.69 Å². The molecule has 138 valence electrons. The van der Waals surface area contributed by atoms with Gasteiger partial charge in [-0.15, -0.1) is 0 Å². The summed E-state index contributed by atoms with van der Waals surface area (Å²) in [6.45, 7) is 0.213. The van der Waals surface area contributed by atoms with Gasteiger partial charge in [0.15, 0.2) is 0 Å². The first-order valence-corrected chi connectivity index (χ1v) is 8.02. The normalized spacial score (nSPS) is 10.6. The van der Waals surface area contributed by atoms with Gasteiger partial charge in [-0.2, -0.15) is 5.10 Å². The number of amides is 1. The summed E-state index contributed by atoms with van der Waals surface area (Å²) in [4.78, 5) is 34.0. The first-order chi connectivity index (χ1) is 13.0. The predicted molar refractivity (Wildman–Crippen MR) is 96.0 cm³/mol. The highest BCUT2D eigenvalue weighted by Crippen LogP contribution is 2.20. The second-order valence-corrected chi connectivity index (χ2v) is 5.77. The van der Waals surface area contributed by atoms with Crippen LogP contribution < -0.4 is 5.32 Å². The topological polar surface area (TPSA) is 116 Å². The van der Waals surface area contributed by atoms with Gasteiger partial charge < -0.3 is 10.1 Å². The average molecular weight is 368 g/mol. The van der Waals surface area contributed by atoms with Crippen molar-refractivity contribution in [1.82, 2.24) is 15.1 Å². The van der Waals surface area contributed by atoms with Crippen LogP contribution in [0, 0.1) is 10.1 Å². The van der Waals surface area contributed by atoms with E-state index in [-0.39, 0.29) is 24.7 Å². The van der Waals surface area contributed by atoms with Gasteiger partial charge in [0.25, 0.3) is 5.69 Å². The van der Waals surface area contributed by atoms with E-state index in [1.807, 2.05) is 0 Å². The number of aromatic nitrogens is 2. The van der Waals surface area contributed by atoms with Crippen LogP contribution in [0.1, 0.15) is 15.9 Å². The number of benzene rings is 2. The molecule has 0 radical (unpaired) electrons. The van der Waals surface area contributed by atoms with Gasteiger partial charge >= 0.3 is 5.97 Å². The maximum Gasteiger partial charge on any atom is 0.337 e. The number of nitrogens with one attached hydrogen (secondary N) is 1. The molecule has 0 aliphatic heterocycles. The van der Waals surface area contributed by atoms with Gasteiger partial charge in [-0.05, 0) is 23.8 Å². The number of rotatable bonds is 6. The molecular formula is C18H16N4O5. The molecule has 0 atom stereocenters. The molecule has 0 spiro atoms. The Morgan fingerprint density at radius 2 is 1.96 bits per heavy atom. The number of carbonyl (C=O) groups is 2. The molecule has 27 heavy (non-hydrogen) atoms. The molecule has 0 bridgehead atoms. The zero-order chi connectivity index (χ0) is 19.4. The van der Waals surface area contributed by atoms with Crippen molar-refractivity contribution in [2.24, 2.45) is 0 Å². The third-order valence-electron chi connectivity index (χ3n) is 4.00. The molecule has 0 aliphatic carbocycles. The minimum absolute atomic E-state index is 0.0599. The van der Waals surface area contributed by atoms with Crippen molar-refractivity contribution in [2.45, 2.75) is 13.1 Å². The van der Waals surface area contributed by atoms with E-state index in [0.29, 0.717) is 16.5 Å². The number of fused-ring (bicyclic) bond motifs is 1. The molecule has 0 unspecified atom stereocenters. The van der Waals surface area contributed by atoms with Crippen LogP contribution in [-0.2, 0) is 22.6 Å². The second kappa shape index (κ2) is 7.65. The first-order valence-electron chi connectivity index (χ1n) is 8.02. The minimum Gasteiger partial charge on any atom is -0.465 e. The van der Waals surface area contributed by atoms with Crippen LogP contribution in [0.5, 0.6) is 0 Å². The summed E-state index contributed by atoms with van der Waals surface area (Å²) in [5.74, 6) is -0.714. The predicted octanol–water partition coefficient (Wildman–Crippen LogP) is 2.05. The summed E-state index contributed by atoms with van der Waals surface area (Å²) in [6.07, 6.45) is 1.55. The van der Waals surface area contributed by atoms with Crippen molar-refractivity contribution >= 4 is 28.5 Å². The maximum atomic E-state index is 12.2. The monoisotopic (exact) mass is 368 g/mol. The van der Waals surface area contributed by atoms with Crippen molar-refractivity contribution < 1.29 is 19.2 Å². The summed E-state index contributed by atoms with van der Waals surface area (Å²) in [5.41, 5.74) is 1.70. The summed E-state index contributed by atoms with van der Waals surface area (Å²) in [7, 11) is 1.31. The van der Waals surface area contributed by atoms with Crippen molar-refractivity contribution in [3.8, 4) is 0 Å². The number of nitro groups is 1. The number of non-ortho nitro benzene ring substituents is 1. The van der Waals surface area contributed by atoms with E-state index in [0.717, 1.165) is 5.56 Å². The third kappa shape index (κ3) is 4.09. The smallest absolute Gasteiger partial charge is 0.337 e. The highest BCUT2D eigenvalue weighted by atomic mass is 16.6. The number of hydrogen-bond donors (Lipinski definition) is 1. The van der Waals surface area contributed by atoms with Crippen molar-refractivity contribution in [3.63, 3.8) is 0 Å². The fraction of sp³-hybridized carbons (Fsp3) is 0.167. The summed E-state index contributed by atoms with van der Waals surface area (Å²) < 4.78 is 6.05. The quantitative estimate of drug-likeness (QED) is 0.404. The highest BCUT2D eigenvalue weighted by molar-refractivity contribution is 5.89. The van der Waals surface area contributed by atoms with Crippen LogP contribution in [0.2, 0.25) is 0 Å². The molecule has 0 saturated carbocycles. The largest absolute Gasteiger partial charge is 0.465 e. The van der Waals surface area contributed by atoms with Crippen molar-refractivity contribution in [1.29, 1.82) is 0 Å². The molecule has 2 aromatic carbocycles. The molecule has 3 aromatic rings. The second-order valence-electron chi connectivity index (χ2n) is 5.77. The lowest BCUT2D eigenvalue weighted by Crippen LogP contribution is -2.27. The Morgan fingerprint density at radius 1 is 1.22 bits per heavy atom. The molecule has 0 aliphatic rings. The Labute approximate surface area is 153 Å². The number of nitro benzene ring substituents is 1. The van der Waals surface area contributed by atoms with Crippen LogP contribution >= 0.6 is 0 Å². The molecular weight excluding hydrogens is 352 g/mol. The molecule has 1 amide bonds. The van der Waals surface area contributed by atoms with Crippen LogP contribution in [0.25, 0.3) is 10.9 Å². The molecule has 3 rings (SSSR count). The van der Waals surface area contributed by atoms with Crippen molar-refractivity contribution in [3.05, 3.63) is 69.9 Å². The van der Waals surface area contributed by atoms with Gasteiger partial charge in [-0.1, -0.05) is 12.1 Å². The first kappa shape index (κ1) is 18.1. The van der Waals surface area contributed by atoms with Crippen LogP contribution in [-0.4, -0.2) is 33.7 Å². The standard InChI is InChI=1S/C18H16N4O5/c1-27-18(24)13-4-2-12(3-5-13)9-19-17(23)11-21-16-8-15(22(25)26)7-6-14(16)10-20-21/h2-8,10H,9,11H2,1H3,(H,19,23). The fourth-order valence-electron chi connectivity index (χ4n) is 2.57. The molecule has 0 fully saturated rings. The van der Waals surface area contributed by atoms with E-state index in [9.17, 15) is 19.7 Å². The van der Waals surface area contributed by atoms with E-state index in [1.54, 1.807) is 36.5 Å². The number of hydrogen-bond acceptors (Lipinski definition) is 6. The summed E-state index contributed by atoms with van der Waals surface area (Å²) in [5, 5.41) is 18.5. The maximum absolute atomic E-state index is 12.2. The number of methoxy groups -OCH3 is 1. The van der Waals surface area contributed by atoms with Gasteiger partial charge in [0.05, 0.1) is 29.3 Å². The number of esters is 1. The Morgan fingerprint density at radius 3 is 2.63 bits per heavy atom. The van der Waals surface area contributed by atoms with Gasteiger partial charge in [0, 0.05) is 24.1 Å². The lowest BCUT2D eigenvalue weighted by Gasteiger charge is -2.07. The van der Waals surface area contributed by atoms with Gasteiger partial charge in [0.1, 0.15) is 6.54 Å². The van der Waals surface area contributed by atoms with Gasteiger partial charge in [-0.25, -0.2) is 4.79 Å². The fourth-order valence-corrected chi connectivity index (χ4v) is 2.57. The van der Waals surface area contributed by atoms with Gasteiger partial charge in [0.2, 0.25) is 5.91 Å². The zero-order valence-corrected chi connectivity index (χ0v) is 14.4. The lowest BCUT2D eigenvalue weighted by molar-refractivity contribution is -0.384. The third-order valence-corrected chi connectivity index (χ3v) is 4.00. The Hall–Kier alpha value is -3.75. The molecule has 9 nitrogen and oxygen atoms in total. The molecule has 0 saturated heterocycles. The molecule has 1 N–H and O–H groups in total.